The van der Waals surface area contributed by atoms with E-state index in [1.807, 2.05) is 36.4 Å². The summed E-state index contributed by atoms with van der Waals surface area (Å²) in [7, 11) is 0. The SMILES string of the molecule is [c]1ccc(/C=C/c2ccncc2)cc1. The van der Waals surface area contributed by atoms with Gasteiger partial charge in [0, 0.05) is 12.4 Å². The summed E-state index contributed by atoms with van der Waals surface area (Å²) in [4.78, 5) is 3.96. The van der Waals surface area contributed by atoms with Crippen molar-refractivity contribution in [1.29, 1.82) is 0 Å². The predicted molar refractivity (Wildman–Crippen MR) is 58.4 cm³/mol. The summed E-state index contributed by atoms with van der Waals surface area (Å²) in [6.07, 6.45) is 7.72. The molecule has 0 unspecified atom stereocenters. The molecule has 0 spiro atoms. The lowest BCUT2D eigenvalue weighted by Crippen LogP contribution is -1.73. The van der Waals surface area contributed by atoms with Crippen LogP contribution < -0.4 is 0 Å². The first kappa shape index (κ1) is 8.70. The second-order valence-electron chi connectivity index (χ2n) is 2.95. The van der Waals surface area contributed by atoms with Crippen molar-refractivity contribution in [2.75, 3.05) is 0 Å². The molecule has 0 N–H and O–H groups in total. The maximum atomic E-state index is 3.96. The summed E-state index contributed by atoms with van der Waals surface area (Å²) in [6.45, 7) is 0. The lowest BCUT2D eigenvalue weighted by molar-refractivity contribution is 1.32. The van der Waals surface area contributed by atoms with Crippen LogP contribution in [0.1, 0.15) is 11.1 Å². The monoisotopic (exact) mass is 180 g/mol. The average Bonchev–Trinajstić information content (AvgIpc) is 2.29. The van der Waals surface area contributed by atoms with Crippen LogP contribution in [0.15, 0.2) is 48.8 Å². The summed E-state index contributed by atoms with van der Waals surface area (Å²) in [6, 6.07) is 14.8. The number of rotatable bonds is 2. The largest absolute Gasteiger partial charge is 0.265 e. The maximum Gasteiger partial charge on any atom is 0.0273 e. The van der Waals surface area contributed by atoms with Gasteiger partial charge in [-0.05, 0) is 29.3 Å². The van der Waals surface area contributed by atoms with Gasteiger partial charge in [-0.3, -0.25) is 4.98 Å². The van der Waals surface area contributed by atoms with Gasteiger partial charge in [0.1, 0.15) is 0 Å². The van der Waals surface area contributed by atoms with Gasteiger partial charge in [-0.1, -0.05) is 36.4 Å². The Kier molecular flexibility index (Phi) is 2.72. The molecule has 2 aromatic rings. The van der Waals surface area contributed by atoms with Gasteiger partial charge in [0.05, 0.1) is 0 Å². The Morgan fingerprint density at radius 2 is 1.43 bits per heavy atom. The van der Waals surface area contributed by atoms with Gasteiger partial charge < -0.3 is 0 Å². The molecule has 0 aliphatic carbocycles. The molecule has 0 atom stereocenters. The number of pyridine rings is 1. The fraction of sp³-hybridized carbons (Fsp3) is 0. The lowest BCUT2D eigenvalue weighted by Gasteiger charge is -1.92. The molecule has 0 bridgehead atoms. The Labute approximate surface area is 83.7 Å². The van der Waals surface area contributed by atoms with Crippen molar-refractivity contribution in [3.05, 3.63) is 66.0 Å². The minimum absolute atomic E-state index is 1.16. The van der Waals surface area contributed by atoms with Crippen LogP contribution in [0.3, 0.4) is 0 Å². The quantitative estimate of drug-likeness (QED) is 0.692. The number of hydrogen-bond acceptors (Lipinski definition) is 1. The van der Waals surface area contributed by atoms with Crippen molar-refractivity contribution in [2.45, 2.75) is 0 Å². The smallest absolute Gasteiger partial charge is 0.0273 e. The molecule has 2 rings (SSSR count). The first-order chi connectivity index (χ1) is 6.95. The average molecular weight is 180 g/mol. The van der Waals surface area contributed by atoms with E-state index in [-0.39, 0.29) is 0 Å². The minimum atomic E-state index is 1.16. The number of benzene rings is 1. The summed E-state index contributed by atoms with van der Waals surface area (Å²) < 4.78 is 0. The molecule has 0 saturated heterocycles. The second kappa shape index (κ2) is 4.38. The Morgan fingerprint density at radius 1 is 0.857 bits per heavy atom. The third kappa shape index (κ3) is 2.30. The van der Waals surface area contributed by atoms with E-state index in [4.69, 9.17) is 0 Å². The summed E-state index contributed by atoms with van der Waals surface area (Å²) in [5.41, 5.74) is 2.34. The van der Waals surface area contributed by atoms with E-state index in [0.29, 0.717) is 0 Å². The van der Waals surface area contributed by atoms with Crippen LogP contribution in [-0.4, -0.2) is 4.98 Å². The van der Waals surface area contributed by atoms with Gasteiger partial charge in [-0.15, -0.1) is 0 Å². The molecule has 0 amide bonds. The lowest BCUT2D eigenvalue weighted by atomic mass is 10.2. The highest BCUT2D eigenvalue weighted by molar-refractivity contribution is 5.69. The van der Waals surface area contributed by atoms with Gasteiger partial charge in [0.2, 0.25) is 0 Å². The number of aromatic nitrogens is 1. The molecule has 1 aromatic carbocycles. The van der Waals surface area contributed by atoms with Gasteiger partial charge in [-0.25, -0.2) is 0 Å². The van der Waals surface area contributed by atoms with Crippen LogP contribution in [0.4, 0.5) is 0 Å². The highest BCUT2D eigenvalue weighted by Crippen LogP contribution is 2.06. The van der Waals surface area contributed by atoms with Gasteiger partial charge in [-0.2, -0.15) is 0 Å². The predicted octanol–water partition coefficient (Wildman–Crippen LogP) is 3.05. The molecule has 1 aromatic heterocycles. The Morgan fingerprint density at radius 3 is 2.07 bits per heavy atom. The van der Waals surface area contributed by atoms with Crippen LogP contribution in [0, 0.1) is 6.07 Å². The summed E-state index contributed by atoms with van der Waals surface area (Å²) >= 11 is 0. The molecule has 0 saturated carbocycles. The Hall–Kier alpha value is -1.89. The van der Waals surface area contributed by atoms with E-state index in [0.717, 1.165) is 5.56 Å². The fourth-order valence-electron chi connectivity index (χ4n) is 1.18. The van der Waals surface area contributed by atoms with Crippen LogP contribution >= 0.6 is 0 Å². The molecule has 1 nitrogen and oxygen atoms in total. The molecule has 1 heteroatoms. The zero-order chi connectivity index (χ0) is 9.64. The normalized spacial score (nSPS) is 10.6. The molecule has 0 aliphatic heterocycles. The molecule has 67 valence electrons. The first-order valence-corrected chi connectivity index (χ1v) is 4.49. The van der Waals surface area contributed by atoms with Crippen LogP contribution in [0.5, 0.6) is 0 Å². The molecule has 14 heavy (non-hydrogen) atoms. The standard InChI is InChI=1S/C13H10N/c1-2-4-12(5-3-1)6-7-13-8-10-14-11-9-13/h2-11H/b7-6+. The second-order valence-corrected chi connectivity index (χ2v) is 2.95. The third-order valence-electron chi connectivity index (χ3n) is 1.92. The topological polar surface area (TPSA) is 12.9 Å². The summed E-state index contributed by atoms with van der Waals surface area (Å²) in [5, 5.41) is 0. The van der Waals surface area contributed by atoms with Crippen LogP contribution in [0.25, 0.3) is 12.2 Å². The third-order valence-corrected chi connectivity index (χ3v) is 1.92. The van der Waals surface area contributed by atoms with E-state index in [1.165, 1.54) is 5.56 Å². The van der Waals surface area contributed by atoms with Gasteiger partial charge >= 0.3 is 0 Å². The van der Waals surface area contributed by atoms with Crippen molar-refractivity contribution in [3.8, 4) is 0 Å². The highest BCUT2D eigenvalue weighted by Gasteiger charge is 1.85. The van der Waals surface area contributed by atoms with Gasteiger partial charge in [0.15, 0.2) is 0 Å². The Balaban J connectivity index is 2.16. The molecular weight excluding hydrogens is 170 g/mol. The zero-order valence-electron chi connectivity index (χ0n) is 7.72. The fourth-order valence-corrected chi connectivity index (χ4v) is 1.18. The van der Waals surface area contributed by atoms with Crippen molar-refractivity contribution >= 4 is 12.2 Å². The molecule has 1 heterocycles. The molecule has 0 fully saturated rings. The number of hydrogen-bond donors (Lipinski definition) is 0. The molecule has 0 aliphatic rings. The van der Waals surface area contributed by atoms with E-state index >= 15 is 0 Å². The van der Waals surface area contributed by atoms with Crippen molar-refractivity contribution in [1.82, 2.24) is 4.98 Å². The first-order valence-electron chi connectivity index (χ1n) is 4.49. The van der Waals surface area contributed by atoms with E-state index in [1.54, 1.807) is 12.4 Å². The van der Waals surface area contributed by atoms with Crippen LogP contribution in [0.2, 0.25) is 0 Å². The van der Waals surface area contributed by atoms with E-state index < -0.39 is 0 Å². The molecule has 1 radical (unpaired) electrons. The van der Waals surface area contributed by atoms with E-state index in [9.17, 15) is 0 Å². The maximum absolute atomic E-state index is 3.96. The highest BCUT2D eigenvalue weighted by atomic mass is 14.6. The Bertz CT molecular complexity index is 362. The zero-order valence-corrected chi connectivity index (χ0v) is 7.72. The van der Waals surface area contributed by atoms with Crippen molar-refractivity contribution < 1.29 is 0 Å². The van der Waals surface area contributed by atoms with Crippen LogP contribution in [-0.2, 0) is 0 Å². The number of nitrogens with zero attached hydrogens (tertiary/aromatic N) is 1. The molecular formula is C13H10N. The van der Waals surface area contributed by atoms with Gasteiger partial charge in [0.25, 0.3) is 0 Å². The van der Waals surface area contributed by atoms with E-state index in [2.05, 4.69) is 23.2 Å². The minimum Gasteiger partial charge on any atom is -0.265 e. The summed E-state index contributed by atoms with van der Waals surface area (Å²) in [5.74, 6) is 0. The van der Waals surface area contributed by atoms with Crippen molar-refractivity contribution in [3.63, 3.8) is 0 Å². The van der Waals surface area contributed by atoms with Crippen molar-refractivity contribution in [2.24, 2.45) is 0 Å².